The Morgan fingerprint density at radius 1 is 1.35 bits per heavy atom. The average molecular weight is 556 g/mol. The molecular weight excluding hydrogens is 526 g/mol. The molecule has 2 aliphatic heterocycles. The Kier molecular flexibility index (Phi) is 9.15. The molecule has 1 unspecified atom stereocenters. The van der Waals surface area contributed by atoms with Crippen molar-refractivity contribution in [2.75, 3.05) is 31.8 Å². The molecule has 0 aliphatic carbocycles. The van der Waals surface area contributed by atoms with Gasteiger partial charge in [-0.05, 0) is 32.8 Å². The number of esters is 1. The maximum Gasteiger partial charge on any atom is 0.352 e. The van der Waals surface area contributed by atoms with Crippen molar-refractivity contribution in [3.63, 3.8) is 0 Å². The molecule has 1 saturated heterocycles. The van der Waals surface area contributed by atoms with Crippen LogP contribution in [0.5, 0.6) is 0 Å². The fourth-order valence-electron chi connectivity index (χ4n) is 3.56. The number of carbonyl (C=O) groups excluding carboxylic acids is 3. The lowest BCUT2D eigenvalue weighted by molar-refractivity contribution is -0.155. The number of nitrogen functional groups attached to an aromatic ring is 1. The quantitative estimate of drug-likeness (QED) is 0.116. The summed E-state index contributed by atoms with van der Waals surface area (Å²) in [6, 6.07) is -0.968. The Bertz CT molecular complexity index is 1130. The number of β-lactam (4-membered cyclic amide) rings is 1. The van der Waals surface area contributed by atoms with Crippen LogP contribution in [0.3, 0.4) is 0 Å². The summed E-state index contributed by atoms with van der Waals surface area (Å²) in [5.41, 5.74) is 5.41. The van der Waals surface area contributed by atoms with Gasteiger partial charge in [0.1, 0.15) is 35.0 Å². The minimum absolute atomic E-state index is 0.0271. The summed E-state index contributed by atoms with van der Waals surface area (Å²) in [6.07, 6.45) is 0.406. The predicted molar refractivity (Wildman–Crippen MR) is 136 cm³/mol. The topological polar surface area (TPSA) is 183 Å². The van der Waals surface area contributed by atoms with Crippen molar-refractivity contribution in [1.29, 1.82) is 0 Å². The number of aromatic nitrogens is 1. The monoisotopic (exact) mass is 555 g/mol. The minimum Gasteiger partial charge on any atom is -0.477 e. The smallest absolute Gasteiger partial charge is 0.352 e. The molecule has 3 heterocycles. The molecule has 0 aromatic carbocycles. The van der Waals surface area contributed by atoms with E-state index in [0.29, 0.717) is 17.7 Å². The van der Waals surface area contributed by atoms with Crippen LogP contribution < -0.4 is 11.1 Å². The van der Waals surface area contributed by atoms with Gasteiger partial charge in [0.25, 0.3) is 11.8 Å². The van der Waals surface area contributed by atoms with Gasteiger partial charge in [-0.25, -0.2) is 9.78 Å². The van der Waals surface area contributed by atoms with Crippen LogP contribution in [0.2, 0.25) is 0 Å². The van der Waals surface area contributed by atoms with Gasteiger partial charge in [-0.15, -0.1) is 23.1 Å². The normalized spacial score (nSPS) is 19.7. The second kappa shape index (κ2) is 11.9. The number of oxime groups is 1. The second-order valence-electron chi connectivity index (χ2n) is 9.09. The van der Waals surface area contributed by atoms with Crippen molar-refractivity contribution in [3.05, 3.63) is 22.3 Å². The number of amides is 2. The lowest BCUT2D eigenvalue weighted by Gasteiger charge is -2.49. The number of nitrogens with one attached hydrogen (secondary N) is 1. The van der Waals surface area contributed by atoms with Gasteiger partial charge in [0.2, 0.25) is 0 Å². The molecule has 2 aliphatic rings. The third kappa shape index (κ3) is 6.99. The van der Waals surface area contributed by atoms with Crippen LogP contribution in [0.15, 0.2) is 21.8 Å². The van der Waals surface area contributed by atoms with E-state index < -0.39 is 34.8 Å². The van der Waals surface area contributed by atoms with Crippen molar-refractivity contribution >= 4 is 57.7 Å². The fourth-order valence-corrected chi connectivity index (χ4v) is 5.44. The first kappa shape index (κ1) is 28.4. The number of carboxylic acids is 1. The average Bonchev–Trinajstić information content (AvgIpc) is 3.23. The molecule has 3 rings (SSSR count). The summed E-state index contributed by atoms with van der Waals surface area (Å²) < 4.78 is 10.3. The van der Waals surface area contributed by atoms with E-state index in [9.17, 15) is 24.3 Å². The predicted octanol–water partition coefficient (Wildman–Crippen LogP) is 0.953. The molecule has 0 saturated carbocycles. The van der Waals surface area contributed by atoms with Crippen LogP contribution >= 0.6 is 23.1 Å². The van der Waals surface area contributed by atoms with E-state index in [1.807, 2.05) is 0 Å². The molecule has 0 spiro atoms. The van der Waals surface area contributed by atoms with Gasteiger partial charge < -0.3 is 30.5 Å². The van der Waals surface area contributed by atoms with Gasteiger partial charge in [0.15, 0.2) is 10.8 Å². The Morgan fingerprint density at radius 2 is 2.08 bits per heavy atom. The molecule has 2 amide bonds. The highest BCUT2D eigenvalue weighted by molar-refractivity contribution is 8.00. The van der Waals surface area contributed by atoms with Crippen molar-refractivity contribution in [1.82, 2.24) is 15.2 Å². The molecule has 0 bridgehead atoms. The zero-order valence-corrected chi connectivity index (χ0v) is 22.4. The standard InChI is InChI=1S/C22H29N5O8S2/c1-22(2,3)35-13(28)6-5-7-34-26-14(12-10-37-21(23)24-12)17(29)25-15-18(30)27-16(20(31)32)11(8-33-4)9-36-19(15)27/h10,15,19H,5-9H2,1-4H3,(H2,23,24)(H,25,29)(H,31,32)/t15?,19-/m0/s1. The Balaban J connectivity index is 1.66. The molecular formula is C22H29N5O8S2. The van der Waals surface area contributed by atoms with Crippen molar-refractivity contribution in [2.45, 2.75) is 50.6 Å². The first-order valence-corrected chi connectivity index (χ1v) is 13.2. The molecule has 15 heteroatoms. The summed E-state index contributed by atoms with van der Waals surface area (Å²) in [5.74, 6) is -2.59. The van der Waals surface area contributed by atoms with Crippen molar-refractivity contribution in [3.8, 4) is 0 Å². The zero-order valence-electron chi connectivity index (χ0n) is 20.8. The first-order chi connectivity index (χ1) is 17.4. The van der Waals surface area contributed by atoms with Crippen LogP contribution in [0.25, 0.3) is 0 Å². The number of anilines is 1. The lowest BCUT2D eigenvalue weighted by atomic mass is 10.0. The van der Waals surface area contributed by atoms with Gasteiger partial charge in [-0.2, -0.15) is 0 Å². The Labute approximate surface area is 221 Å². The number of nitrogens with two attached hydrogens (primary N) is 1. The zero-order chi connectivity index (χ0) is 27.3. The van der Waals surface area contributed by atoms with Crippen LogP contribution in [-0.4, -0.2) is 87.5 Å². The lowest BCUT2D eigenvalue weighted by Crippen LogP contribution is -2.71. The Hall–Kier alpha value is -3.17. The van der Waals surface area contributed by atoms with Gasteiger partial charge in [0.05, 0.1) is 6.61 Å². The molecule has 2 atom stereocenters. The first-order valence-electron chi connectivity index (χ1n) is 11.3. The highest BCUT2D eigenvalue weighted by atomic mass is 32.2. The molecule has 1 aromatic heterocycles. The second-order valence-corrected chi connectivity index (χ2v) is 11.1. The van der Waals surface area contributed by atoms with Crippen molar-refractivity contribution in [2.24, 2.45) is 5.16 Å². The highest BCUT2D eigenvalue weighted by Gasteiger charge is 2.54. The van der Waals surface area contributed by atoms with Gasteiger partial charge in [-0.3, -0.25) is 19.3 Å². The van der Waals surface area contributed by atoms with Gasteiger partial charge >= 0.3 is 11.9 Å². The van der Waals surface area contributed by atoms with E-state index in [1.54, 1.807) is 20.8 Å². The van der Waals surface area contributed by atoms with Crippen molar-refractivity contribution < 1.29 is 38.6 Å². The number of aliphatic carboxylic acids is 1. The summed E-state index contributed by atoms with van der Waals surface area (Å²) >= 11 is 2.41. The van der Waals surface area contributed by atoms with E-state index >= 15 is 0 Å². The largest absolute Gasteiger partial charge is 0.477 e. The van der Waals surface area contributed by atoms with E-state index in [4.69, 9.17) is 20.0 Å². The molecule has 202 valence electrons. The van der Waals surface area contributed by atoms with Crippen LogP contribution in [-0.2, 0) is 33.5 Å². The molecule has 0 radical (unpaired) electrons. The number of ether oxygens (including phenoxy) is 2. The number of thiazole rings is 1. The maximum atomic E-state index is 13.1. The summed E-state index contributed by atoms with van der Waals surface area (Å²) in [5, 5.41) is 17.2. The summed E-state index contributed by atoms with van der Waals surface area (Å²) in [4.78, 5) is 60.0. The third-order valence-corrected chi connectivity index (χ3v) is 7.04. The minimum atomic E-state index is -1.24. The number of carbonyl (C=O) groups is 4. The van der Waals surface area contributed by atoms with Crippen LogP contribution in [0.1, 0.15) is 39.3 Å². The third-order valence-electron chi connectivity index (χ3n) is 5.03. The number of fused-ring (bicyclic) bond motifs is 1. The molecule has 13 nitrogen and oxygen atoms in total. The number of hydrogen-bond acceptors (Lipinski definition) is 12. The molecule has 4 N–H and O–H groups in total. The summed E-state index contributed by atoms with van der Waals surface area (Å²) in [6.45, 7) is 5.41. The molecule has 37 heavy (non-hydrogen) atoms. The number of carboxylic acid groups (broad SMARTS) is 1. The van der Waals surface area contributed by atoms with Crippen LogP contribution in [0, 0.1) is 0 Å². The Morgan fingerprint density at radius 3 is 2.68 bits per heavy atom. The van der Waals surface area contributed by atoms with Gasteiger partial charge in [-0.1, -0.05) is 5.16 Å². The number of thioether (sulfide) groups is 1. The number of methoxy groups -OCH3 is 1. The van der Waals surface area contributed by atoms with E-state index in [2.05, 4.69) is 15.5 Å². The number of hydrogen-bond donors (Lipinski definition) is 3. The fraction of sp³-hybridized carbons (Fsp3) is 0.545. The molecule has 1 fully saturated rings. The summed E-state index contributed by atoms with van der Waals surface area (Å²) in [7, 11) is 1.44. The van der Waals surface area contributed by atoms with E-state index in [1.165, 1.54) is 24.3 Å². The van der Waals surface area contributed by atoms with Gasteiger partial charge in [0, 0.05) is 24.7 Å². The number of rotatable bonds is 11. The van der Waals surface area contributed by atoms with E-state index in [-0.39, 0.29) is 47.8 Å². The number of nitrogens with zero attached hydrogens (tertiary/aromatic N) is 3. The van der Waals surface area contributed by atoms with Crippen LogP contribution in [0.4, 0.5) is 5.13 Å². The highest BCUT2D eigenvalue weighted by Crippen LogP contribution is 2.40. The maximum absolute atomic E-state index is 13.1. The van der Waals surface area contributed by atoms with E-state index in [0.717, 1.165) is 16.2 Å². The SMILES string of the molecule is COCC1=C(C(=O)O)N2C(=O)C(NC(=O)C(=NOCCCC(=O)OC(C)(C)C)c3csc(N)n3)[C@@H]2SC1. The molecule has 1 aromatic rings.